The van der Waals surface area contributed by atoms with E-state index in [-0.39, 0.29) is 12.0 Å². The number of carbonyl (C=O) groups excluding carboxylic acids is 1. The summed E-state index contributed by atoms with van der Waals surface area (Å²) < 4.78 is 13.2. The number of nitrogens with zero attached hydrogens (tertiary/aromatic N) is 3. The summed E-state index contributed by atoms with van der Waals surface area (Å²) in [5.41, 5.74) is 5.72. The molecular weight excluding hydrogens is 428 g/mol. The van der Waals surface area contributed by atoms with Crippen LogP contribution in [0.5, 0.6) is 11.5 Å². The van der Waals surface area contributed by atoms with E-state index in [1.54, 1.807) is 4.68 Å². The highest BCUT2D eigenvalue weighted by atomic mass is 35.5. The Bertz CT molecular complexity index is 1170. The summed E-state index contributed by atoms with van der Waals surface area (Å²) in [6, 6.07) is 15.3. The number of benzene rings is 2. The first-order valence-electron chi connectivity index (χ1n) is 10.3. The minimum atomic E-state index is -0.807. The van der Waals surface area contributed by atoms with Crippen molar-refractivity contribution in [3.8, 4) is 17.2 Å². The third-order valence-corrected chi connectivity index (χ3v) is 5.54. The van der Waals surface area contributed by atoms with E-state index in [4.69, 9.17) is 21.1 Å². The van der Waals surface area contributed by atoms with Gasteiger partial charge in [-0.15, -0.1) is 0 Å². The summed E-state index contributed by atoms with van der Waals surface area (Å²) in [6.45, 7) is 8.28. The van der Waals surface area contributed by atoms with Gasteiger partial charge in [-0.25, -0.2) is 10.1 Å². The van der Waals surface area contributed by atoms with Crippen LogP contribution in [0, 0.1) is 6.92 Å². The average Bonchev–Trinajstić information content (AvgIpc) is 3.06. The number of rotatable bonds is 4. The molecule has 0 saturated carbocycles. The zero-order valence-corrected chi connectivity index (χ0v) is 19.2. The van der Waals surface area contributed by atoms with Crippen molar-refractivity contribution in [2.45, 2.75) is 39.2 Å². The highest BCUT2D eigenvalue weighted by Crippen LogP contribution is 2.36. The number of ether oxygens (including phenoxy) is 2. The third-order valence-electron chi connectivity index (χ3n) is 5.18. The lowest BCUT2D eigenvalue weighted by Gasteiger charge is -2.27. The molecule has 1 aliphatic heterocycles. The van der Waals surface area contributed by atoms with Crippen molar-refractivity contribution in [2.24, 2.45) is 5.10 Å². The van der Waals surface area contributed by atoms with Crippen LogP contribution in [0.25, 0.3) is 5.69 Å². The van der Waals surface area contributed by atoms with E-state index >= 15 is 0 Å². The summed E-state index contributed by atoms with van der Waals surface area (Å²) in [6.07, 6.45) is 0.677. The third kappa shape index (κ3) is 4.48. The van der Waals surface area contributed by atoms with Crippen LogP contribution >= 0.6 is 11.6 Å². The van der Waals surface area contributed by atoms with E-state index < -0.39 is 12.0 Å². The highest BCUT2D eigenvalue weighted by molar-refractivity contribution is 6.32. The molecule has 1 N–H and O–H groups in total. The van der Waals surface area contributed by atoms with Crippen molar-refractivity contribution in [3.63, 3.8) is 0 Å². The molecular formula is C24H25ClN4O3. The van der Waals surface area contributed by atoms with Crippen LogP contribution in [0.15, 0.2) is 53.6 Å². The molecule has 0 saturated heterocycles. The van der Waals surface area contributed by atoms with Crippen molar-refractivity contribution in [2.75, 3.05) is 6.61 Å². The SMILES string of the molecule is Cc1nn(-c2ccccc2)c(Cl)c1C=NNC(=O)C1COc2ccc(C(C)(C)C)cc2O1. The first-order chi connectivity index (χ1) is 15.2. The van der Waals surface area contributed by atoms with Gasteiger partial charge in [0.15, 0.2) is 11.5 Å². The predicted octanol–water partition coefficient (Wildman–Crippen LogP) is 4.42. The lowest BCUT2D eigenvalue weighted by Crippen LogP contribution is -2.42. The number of aromatic nitrogens is 2. The van der Waals surface area contributed by atoms with E-state index in [0.717, 1.165) is 11.3 Å². The molecule has 3 aromatic rings. The first kappa shape index (κ1) is 21.9. The van der Waals surface area contributed by atoms with Crippen LogP contribution < -0.4 is 14.9 Å². The molecule has 1 atom stereocenters. The van der Waals surface area contributed by atoms with Crippen LogP contribution in [0.2, 0.25) is 5.15 Å². The van der Waals surface area contributed by atoms with Gasteiger partial charge in [-0.3, -0.25) is 4.79 Å². The van der Waals surface area contributed by atoms with Gasteiger partial charge >= 0.3 is 0 Å². The largest absolute Gasteiger partial charge is 0.485 e. The van der Waals surface area contributed by atoms with Gasteiger partial charge < -0.3 is 9.47 Å². The highest BCUT2D eigenvalue weighted by Gasteiger charge is 2.28. The number of halogens is 1. The van der Waals surface area contributed by atoms with Crippen LogP contribution in [0.1, 0.15) is 37.6 Å². The van der Waals surface area contributed by atoms with Gasteiger partial charge in [0.25, 0.3) is 5.91 Å². The summed E-state index contributed by atoms with van der Waals surface area (Å²) in [7, 11) is 0. The molecule has 4 rings (SSSR count). The van der Waals surface area contributed by atoms with Crippen LogP contribution in [0.3, 0.4) is 0 Å². The molecule has 1 aromatic heterocycles. The Morgan fingerprint density at radius 3 is 2.69 bits per heavy atom. The number of hydrogen-bond acceptors (Lipinski definition) is 5. The fourth-order valence-corrected chi connectivity index (χ4v) is 3.62. The number of amides is 1. The van der Waals surface area contributed by atoms with Gasteiger partial charge in [0, 0.05) is 0 Å². The Hall–Kier alpha value is -3.32. The fourth-order valence-electron chi connectivity index (χ4n) is 3.30. The van der Waals surface area contributed by atoms with Gasteiger partial charge in [0.05, 0.1) is 23.2 Å². The van der Waals surface area contributed by atoms with Crippen LogP contribution in [0.4, 0.5) is 0 Å². The summed E-state index contributed by atoms with van der Waals surface area (Å²) >= 11 is 6.49. The van der Waals surface area contributed by atoms with E-state index in [1.165, 1.54) is 6.21 Å². The molecule has 166 valence electrons. The molecule has 0 aliphatic carbocycles. The molecule has 32 heavy (non-hydrogen) atoms. The first-order valence-corrected chi connectivity index (χ1v) is 10.7. The standard InChI is InChI=1S/C24H25ClN4O3/c1-15-18(22(25)29(28-15)17-8-6-5-7-9-17)13-26-27-23(30)21-14-31-19-11-10-16(24(2,3)4)12-20(19)32-21/h5-13,21H,14H2,1-4H3,(H,27,30). The lowest BCUT2D eigenvalue weighted by atomic mass is 9.87. The monoisotopic (exact) mass is 452 g/mol. The molecule has 1 aliphatic rings. The number of para-hydroxylation sites is 1. The molecule has 0 spiro atoms. The average molecular weight is 453 g/mol. The molecule has 0 fully saturated rings. The Morgan fingerprint density at radius 1 is 1.22 bits per heavy atom. The van der Waals surface area contributed by atoms with Crippen molar-refractivity contribution < 1.29 is 14.3 Å². The second kappa shape index (κ2) is 8.67. The second-order valence-corrected chi connectivity index (χ2v) is 8.96. The maximum absolute atomic E-state index is 12.6. The van der Waals surface area contributed by atoms with Crippen molar-refractivity contribution >= 4 is 23.7 Å². The van der Waals surface area contributed by atoms with Gasteiger partial charge in [-0.2, -0.15) is 10.2 Å². The van der Waals surface area contributed by atoms with Crippen LogP contribution in [-0.2, 0) is 10.2 Å². The van der Waals surface area contributed by atoms with E-state index in [2.05, 4.69) is 36.4 Å². The number of fused-ring (bicyclic) bond motifs is 1. The summed E-state index contributed by atoms with van der Waals surface area (Å²) in [5.74, 6) is 0.773. The molecule has 1 amide bonds. The van der Waals surface area contributed by atoms with E-state index in [9.17, 15) is 4.79 Å². The number of hydrogen-bond donors (Lipinski definition) is 1. The molecule has 2 aromatic carbocycles. The number of carbonyl (C=O) groups is 1. The summed E-state index contributed by atoms with van der Waals surface area (Å²) in [4.78, 5) is 12.6. The number of hydrazone groups is 1. The van der Waals surface area contributed by atoms with Crippen molar-refractivity contribution in [1.82, 2.24) is 15.2 Å². The minimum Gasteiger partial charge on any atom is -0.485 e. The smallest absolute Gasteiger partial charge is 0.284 e. The Kier molecular flexibility index (Phi) is 5.93. The Morgan fingerprint density at radius 2 is 1.97 bits per heavy atom. The van der Waals surface area contributed by atoms with Gasteiger partial charge in [0.2, 0.25) is 6.10 Å². The normalized spacial score (nSPS) is 15.7. The van der Waals surface area contributed by atoms with E-state index in [0.29, 0.717) is 27.9 Å². The molecule has 7 nitrogen and oxygen atoms in total. The Balaban J connectivity index is 1.44. The van der Waals surface area contributed by atoms with Gasteiger partial charge in [-0.1, -0.05) is 56.6 Å². The zero-order chi connectivity index (χ0) is 22.9. The molecule has 0 bridgehead atoms. The topological polar surface area (TPSA) is 77.7 Å². The second-order valence-electron chi connectivity index (χ2n) is 8.60. The molecule has 8 heteroatoms. The maximum atomic E-state index is 12.6. The van der Waals surface area contributed by atoms with Gasteiger partial charge in [-0.05, 0) is 42.2 Å². The van der Waals surface area contributed by atoms with Gasteiger partial charge in [0.1, 0.15) is 11.8 Å². The summed E-state index contributed by atoms with van der Waals surface area (Å²) in [5, 5.41) is 8.93. The number of aryl methyl sites for hydroxylation is 1. The van der Waals surface area contributed by atoms with Crippen LogP contribution in [-0.4, -0.2) is 34.6 Å². The number of nitrogens with one attached hydrogen (secondary N) is 1. The zero-order valence-electron chi connectivity index (χ0n) is 18.4. The minimum absolute atomic E-state index is 0.0425. The predicted molar refractivity (Wildman–Crippen MR) is 124 cm³/mol. The Labute approximate surface area is 192 Å². The molecule has 2 heterocycles. The molecule has 1 unspecified atom stereocenters. The van der Waals surface area contributed by atoms with Crippen molar-refractivity contribution in [1.29, 1.82) is 0 Å². The molecule has 0 radical (unpaired) electrons. The van der Waals surface area contributed by atoms with E-state index in [1.807, 2.05) is 55.5 Å². The lowest BCUT2D eigenvalue weighted by molar-refractivity contribution is -0.130. The van der Waals surface area contributed by atoms with Crippen molar-refractivity contribution in [3.05, 3.63) is 70.5 Å². The fraction of sp³-hybridized carbons (Fsp3) is 0.292. The quantitative estimate of drug-likeness (QED) is 0.469. The maximum Gasteiger partial charge on any atom is 0.284 e.